The van der Waals surface area contributed by atoms with E-state index in [1.807, 2.05) is 17.5 Å². The fourth-order valence-corrected chi connectivity index (χ4v) is 4.68. The van der Waals surface area contributed by atoms with Gasteiger partial charge in [-0.05, 0) is 36.1 Å². The summed E-state index contributed by atoms with van der Waals surface area (Å²) in [6, 6.07) is 5.93. The Bertz CT molecular complexity index is 730. The van der Waals surface area contributed by atoms with Crippen LogP contribution >= 0.6 is 34.5 Å². The van der Waals surface area contributed by atoms with Crippen molar-refractivity contribution in [3.8, 4) is 0 Å². The molecule has 0 aliphatic rings. The zero-order chi connectivity index (χ0) is 15.6. The van der Waals surface area contributed by atoms with Crippen molar-refractivity contribution >= 4 is 44.6 Å². The lowest BCUT2D eigenvalue weighted by molar-refractivity contribution is 0.281. The predicted octanol–water partition coefficient (Wildman–Crippen LogP) is 3.59. The number of benzene rings is 1. The van der Waals surface area contributed by atoms with Crippen LogP contribution in [-0.4, -0.2) is 13.5 Å². The molecule has 0 aliphatic heterocycles. The normalized spacial score (nSPS) is 13.3. The molecular formula is C13H13Cl2NO3S2. The second kappa shape index (κ2) is 6.64. The molecule has 0 saturated heterocycles. The molecule has 0 saturated carbocycles. The Labute approximate surface area is 137 Å². The predicted molar refractivity (Wildman–Crippen MR) is 85.4 cm³/mol. The molecule has 4 nitrogen and oxygen atoms in total. The summed E-state index contributed by atoms with van der Waals surface area (Å²) in [5.74, 6) is 0. The van der Waals surface area contributed by atoms with Crippen molar-refractivity contribution in [2.45, 2.75) is 24.5 Å². The summed E-state index contributed by atoms with van der Waals surface area (Å²) >= 11 is 13.3. The largest absolute Gasteiger partial charge is 0.392 e. The summed E-state index contributed by atoms with van der Waals surface area (Å²) in [5, 5.41) is 11.3. The first-order valence-corrected chi connectivity index (χ1v) is 9.11. The van der Waals surface area contributed by atoms with Gasteiger partial charge in [-0.1, -0.05) is 29.3 Å². The van der Waals surface area contributed by atoms with Gasteiger partial charge in [0.05, 0.1) is 17.7 Å². The van der Waals surface area contributed by atoms with Gasteiger partial charge in [-0.15, -0.1) is 11.3 Å². The molecule has 21 heavy (non-hydrogen) atoms. The second-order valence-corrected chi connectivity index (χ2v) is 7.87. The molecule has 0 amide bonds. The molecule has 1 aromatic heterocycles. The Balaban J connectivity index is 2.36. The number of sulfonamides is 1. The second-order valence-electron chi connectivity index (χ2n) is 4.39. The molecule has 114 valence electrons. The minimum absolute atomic E-state index is 0.0167. The third kappa shape index (κ3) is 3.77. The number of hydrogen-bond donors (Lipinski definition) is 2. The summed E-state index contributed by atoms with van der Waals surface area (Å²) in [4.78, 5) is 0.798. The Hall–Kier alpha value is -0.630. The zero-order valence-electron chi connectivity index (χ0n) is 11.0. The van der Waals surface area contributed by atoms with Crippen molar-refractivity contribution in [2.24, 2.45) is 0 Å². The Morgan fingerprint density at radius 1 is 1.33 bits per heavy atom. The van der Waals surface area contributed by atoms with Crippen LogP contribution in [0.3, 0.4) is 0 Å². The molecule has 0 spiro atoms. The summed E-state index contributed by atoms with van der Waals surface area (Å²) in [7, 11) is -3.81. The maximum atomic E-state index is 12.4. The number of thiophene rings is 1. The number of rotatable bonds is 5. The minimum Gasteiger partial charge on any atom is -0.392 e. The van der Waals surface area contributed by atoms with Crippen LogP contribution in [0.1, 0.15) is 23.4 Å². The average molecular weight is 366 g/mol. The van der Waals surface area contributed by atoms with E-state index in [4.69, 9.17) is 23.2 Å². The summed E-state index contributed by atoms with van der Waals surface area (Å²) in [6.07, 6.45) is 0. The van der Waals surface area contributed by atoms with Crippen LogP contribution in [0.4, 0.5) is 0 Å². The highest BCUT2D eigenvalue weighted by molar-refractivity contribution is 7.89. The Morgan fingerprint density at radius 2 is 2.05 bits per heavy atom. The van der Waals surface area contributed by atoms with Gasteiger partial charge in [0.25, 0.3) is 0 Å². The molecule has 1 unspecified atom stereocenters. The summed E-state index contributed by atoms with van der Waals surface area (Å²) in [5.41, 5.74) is 0.310. The molecule has 1 aromatic carbocycles. The Morgan fingerprint density at radius 3 is 2.62 bits per heavy atom. The lowest BCUT2D eigenvalue weighted by atomic mass is 10.2. The van der Waals surface area contributed by atoms with E-state index in [1.54, 1.807) is 6.92 Å². The van der Waals surface area contributed by atoms with Gasteiger partial charge in [0, 0.05) is 9.90 Å². The van der Waals surface area contributed by atoms with Crippen LogP contribution in [0.25, 0.3) is 0 Å². The van der Waals surface area contributed by atoms with E-state index in [1.165, 1.54) is 23.5 Å². The molecule has 1 atom stereocenters. The maximum absolute atomic E-state index is 12.4. The zero-order valence-corrected chi connectivity index (χ0v) is 14.2. The smallest absolute Gasteiger partial charge is 0.242 e. The lowest BCUT2D eigenvalue weighted by Crippen LogP contribution is -2.26. The van der Waals surface area contributed by atoms with E-state index >= 15 is 0 Å². The minimum atomic E-state index is -3.81. The molecule has 2 aromatic rings. The van der Waals surface area contributed by atoms with Gasteiger partial charge < -0.3 is 5.11 Å². The van der Waals surface area contributed by atoms with Crippen molar-refractivity contribution in [1.82, 2.24) is 4.72 Å². The van der Waals surface area contributed by atoms with Crippen LogP contribution < -0.4 is 4.72 Å². The van der Waals surface area contributed by atoms with E-state index in [2.05, 4.69) is 4.72 Å². The van der Waals surface area contributed by atoms with Crippen LogP contribution in [0, 0.1) is 0 Å². The molecular weight excluding hydrogens is 353 g/mol. The molecule has 2 N–H and O–H groups in total. The standard InChI is InChI=1S/C13H13Cl2NO3S2/c1-8(12-3-2-4-20-12)16-21(18,19)13-5-9(7-17)10(14)6-11(13)15/h2-6,8,16-17H,7H2,1H3. The Kier molecular flexibility index (Phi) is 5.29. The third-order valence-corrected chi connectivity index (χ3v) is 6.27. The fraction of sp³-hybridized carbons (Fsp3) is 0.231. The first-order valence-electron chi connectivity index (χ1n) is 5.99. The number of hydrogen-bond acceptors (Lipinski definition) is 4. The highest BCUT2D eigenvalue weighted by atomic mass is 35.5. The molecule has 0 aliphatic carbocycles. The van der Waals surface area contributed by atoms with Crippen molar-refractivity contribution in [3.63, 3.8) is 0 Å². The molecule has 0 bridgehead atoms. The topological polar surface area (TPSA) is 66.4 Å². The fourth-order valence-electron chi connectivity index (χ4n) is 1.79. The van der Waals surface area contributed by atoms with Gasteiger partial charge in [-0.25, -0.2) is 13.1 Å². The van der Waals surface area contributed by atoms with Crippen LogP contribution in [0.2, 0.25) is 10.0 Å². The van der Waals surface area contributed by atoms with Gasteiger partial charge in [0.1, 0.15) is 4.90 Å². The quantitative estimate of drug-likeness (QED) is 0.850. The highest BCUT2D eigenvalue weighted by Gasteiger charge is 2.23. The van der Waals surface area contributed by atoms with E-state index in [0.717, 1.165) is 4.88 Å². The number of aliphatic hydroxyl groups excluding tert-OH is 1. The van der Waals surface area contributed by atoms with Crippen molar-refractivity contribution in [1.29, 1.82) is 0 Å². The van der Waals surface area contributed by atoms with Crippen molar-refractivity contribution in [2.75, 3.05) is 0 Å². The van der Waals surface area contributed by atoms with Crippen molar-refractivity contribution in [3.05, 3.63) is 50.1 Å². The number of nitrogens with one attached hydrogen (secondary N) is 1. The highest BCUT2D eigenvalue weighted by Crippen LogP contribution is 2.30. The van der Waals surface area contributed by atoms with Gasteiger partial charge >= 0.3 is 0 Å². The number of halogens is 2. The monoisotopic (exact) mass is 365 g/mol. The van der Waals surface area contributed by atoms with Crippen LogP contribution in [0.15, 0.2) is 34.5 Å². The molecule has 2 rings (SSSR count). The van der Waals surface area contributed by atoms with Gasteiger partial charge in [0.15, 0.2) is 0 Å². The van der Waals surface area contributed by atoms with Gasteiger partial charge in [0.2, 0.25) is 10.0 Å². The van der Waals surface area contributed by atoms with Crippen molar-refractivity contribution < 1.29 is 13.5 Å². The van der Waals surface area contributed by atoms with E-state index in [-0.39, 0.29) is 27.6 Å². The first-order chi connectivity index (χ1) is 9.85. The SMILES string of the molecule is CC(NS(=O)(=O)c1cc(CO)c(Cl)cc1Cl)c1cccs1. The van der Waals surface area contributed by atoms with E-state index in [9.17, 15) is 13.5 Å². The lowest BCUT2D eigenvalue weighted by Gasteiger charge is -2.15. The first kappa shape index (κ1) is 16.7. The van der Waals surface area contributed by atoms with E-state index in [0.29, 0.717) is 5.56 Å². The van der Waals surface area contributed by atoms with E-state index < -0.39 is 10.0 Å². The van der Waals surface area contributed by atoms with Crippen LogP contribution in [-0.2, 0) is 16.6 Å². The summed E-state index contributed by atoms with van der Waals surface area (Å²) in [6.45, 7) is 1.39. The van der Waals surface area contributed by atoms with Gasteiger partial charge in [-0.2, -0.15) is 0 Å². The maximum Gasteiger partial charge on any atom is 0.242 e. The molecule has 0 fully saturated rings. The number of aliphatic hydroxyl groups is 1. The third-order valence-electron chi connectivity index (χ3n) is 2.86. The van der Waals surface area contributed by atoms with Gasteiger partial charge in [-0.3, -0.25) is 0 Å². The molecule has 8 heteroatoms. The van der Waals surface area contributed by atoms with Crippen LogP contribution in [0.5, 0.6) is 0 Å². The molecule has 1 heterocycles. The average Bonchev–Trinajstić information content (AvgIpc) is 2.91. The summed E-state index contributed by atoms with van der Waals surface area (Å²) < 4.78 is 27.4. The molecule has 0 radical (unpaired) electrons.